The highest BCUT2D eigenvalue weighted by molar-refractivity contribution is 6.30. The minimum atomic E-state index is -0.441. The van der Waals surface area contributed by atoms with E-state index in [0.717, 1.165) is 11.4 Å². The standard InChI is InChI=1S/C12H9ClN2O2/c13-9-1-3-10(4-2-9)15-7-11(14-8-15)12-16-5-6-17-12/h1-8,12H. The Bertz CT molecular complexity index is 540. The van der Waals surface area contributed by atoms with Gasteiger partial charge in [-0.2, -0.15) is 0 Å². The maximum absolute atomic E-state index is 5.83. The zero-order valence-electron chi connectivity index (χ0n) is 8.79. The van der Waals surface area contributed by atoms with Crippen LogP contribution in [0, 0.1) is 0 Å². The minimum absolute atomic E-state index is 0.441. The van der Waals surface area contributed by atoms with Crippen LogP contribution in [0.2, 0.25) is 5.02 Å². The summed E-state index contributed by atoms with van der Waals surface area (Å²) < 4.78 is 12.3. The van der Waals surface area contributed by atoms with Crippen LogP contribution in [-0.4, -0.2) is 9.55 Å². The molecule has 0 unspecified atom stereocenters. The molecule has 1 aromatic heterocycles. The maximum Gasteiger partial charge on any atom is 0.284 e. The van der Waals surface area contributed by atoms with Gasteiger partial charge in [0.25, 0.3) is 6.29 Å². The van der Waals surface area contributed by atoms with Gasteiger partial charge in [0.1, 0.15) is 18.2 Å². The monoisotopic (exact) mass is 248 g/mol. The second-order valence-corrected chi connectivity index (χ2v) is 3.99. The van der Waals surface area contributed by atoms with Crippen LogP contribution in [0.15, 0.2) is 49.3 Å². The van der Waals surface area contributed by atoms with E-state index in [9.17, 15) is 0 Å². The van der Waals surface area contributed by atoms with E-state index in [1.165, 1.54) is 12.5 Å². The topological polar surface area (TPSA) is 36.3 Å². The SMILES string of the molecule is Clc1ccc(-n2cnc(C3OC=CO3)c2)cc1. The van der Waals surface area contributed by atoms with Gasteiger partial charge in [0.05, 0.1) is 6.33 Å². The van der Waals surface area contributed by atoms with Gasteiger partial charge in [-0.1, -0.05) is 11.6 Å². The molecule has 1 aromatic carbocycles. The molecule has 4 nitrogen and oxygen atoms in total. The number of nitrogens with zero attached hydrogens (tertiary/aromatic N) is 2. The highest BCUT2D eigenvalue weighted by Crippen LogP contribution is 2.23. The molecule has 0 N–H and O–H groups in total. The van der Waals surface area contributed by atoms with Crippen LogP contribution >= 0.6 is 11.6 Å². The lowest BCUT2D eigenvalue weighted by Gasteiger charge is -2.06. The van der Waals surface area contributed by atoms with E-state index in [1.54, 1.807) is 6.33 Å². The molecular formula is C12H9ClN2O2. The molecule has 0 atom stereocenters. The first-order valence-corrected chi connectivity index (χ1v) is 5.46. The Morgan fingerprint density at radius 1 is 1.12 bits per heavy atom. The van der Waals surface area contributed by atoms with Gasteiger partial charge in [-0.25, -0.2) is 4.98 Å². The van der Waals surface area contributed by atoms with Gasteiger partial charge in [-0.05, 0) is 24.3 Å². The molecule has 0 aliphatic carbocycles. The normalized spacial score (nSPS) is 14.6. The summed E-state index contributed by atoms with van der Waals surface area (Å²) >= 11 is 5.83. The average Bonchev–Trinajstić information content (AvgIpc) is 3.00. The first kappa shape index (κ1) is 10.2. The van der Waals surface area contributed by atoms with Crippen molar-refractivity contribution in [1.82, 2.24) is 9.55 Å². The molecule has 3 rings (SSSR count). The molecule has 0 spiro atoms. The molecule has 0 radical (unpaired) electrons. The number of hydrogen-bond acceptors (Lipinski definition) is 3. The Morgan fingerprint density at radius 2 is 1.82 bits per heavy atom. The van der Waals surface area contributed by atoms with Gasteiger partial charge in [0.2, 0.25) is 0 Å². The van der Waals surface area contributed by atoms with E-state index in [1.807, 2.05) is 35.0 Å². The van der Waals surface area contributed by atoms with E-state index in [-0.39, 0.29) is 0 Å². The maximum atomic E-state index is 5.83. The largest absolute Gasteiger partial charge is 0.454 e. The van der Waals surface area contributed by atoms with Crippen molar-refractivity contribution in [2.75, 3.05) is 0 Å². The molecule has 86 valence electrons. The Morgan fingerprint density at radius 3 is 2.53 bits per heavy atom. The van der Waals surface area contributed by atoms with Crippen molar-refractivity contribution in [3.63, 3.8) is 0 Å². The first-order chi connectivity index (χ1) is 8.33. The fourth-order valence-corrected chi connectivity index (χ4v) is 1.72. The van der Waals surface area contributed by atoms with Crippen LogP contribution in [0.1, 0.15) is 12.0 Å². The van der Waals surface area contributed by atoms with Crippen molar-refractivity contribution < 1.29 is 9.47 Å². The molecule has 5 heteroatoms. The highest BCUT2D eigenvalue weighted by atomic mass is 35.5. The molecule has 0 saturated heterocycles. The summed E-state index contributed by atoms with van der Waals surface area (Å²) in [6, 6.07) is 7.51. The van der Waals surface area contributed by atoms with E-state index in [2.05, 4.69) is 4.98 Å². The van der Waals surface area contributed by atoms with E-state index < -0.39 is 6.29 Å². The van der Waals surface area contributed by atoms with Crippen molar-refractivity contribution in [2.24, 2.45) is 0 Å². The third kappa shape index (κ3) is 1.99. The second kappa shape index (κ2) is 4.14. The molecule has 0 saturated carbocycles. The number of ether oxygens (including phenoxy) is 2. The van der Waals surface area contributed by atoms with Crippen LogP contribution < -0.4 is 0 Å². The van der Waals surface area contributed by atoms with Crippen LogP contribution in [0.25, 0.3) is 5.69 Å². The third-order valence-electron chi connectivity index (χ3n) is 2.43. The summed E-state index contributed by atoms with van der Waals surface area (Å²) in [5.74, 6) is 0. The van der Waals surface area contributed by atoms with Crippen molar-refractivity contribution >= 4 is 11.6 Å². The van der Waals surface area contributed by atoms with Crippen molar-refractivity contribution in [2.45, 2.75) is 6.29 Å². The molecule has 2 aromatic rings. The fourth-order valence-electron chi connectivity index (χ4n) is 1.59. The Hall–Kier alpha value is -1.94. The van der Waals surface area contributed by atoms with Gasteiger partial charge in [0, 0.05) is 16.9 Å². The number of benzene rings is 1. The molecule has 1 aliphatic rings. The number of rotatable bonds is 2. The predicted molar refractivity (Wildman–Crippen MR) is 62.6 cm³/mol. The van der Waals surface area contributed by atoms with Gasteiger partial charge in [-0.15, -0.1) is 0 Å². The quantitative estimate of drug-likeness (QED) is 0.820. The lowest BCUT2D eigenvalue weighted by atomic mass is 10.3. The average molecular weight is 249 g/mol. The predicted octanol–water partition coefficient (Wildman–Crippen LogP) is 3.04. The zero-order valence-corrected chi connectivity index (χ0v) is 9.54. The summed E-state index contributed by atoms with van der Waals surface area (Å²) in [7, 11) is 0. The van der Waals surface area contributed by atoms with Crippen LogP contribution in [0.4, 0.5) is 0 Å². The lowest BCUT2D eigenvalue weighted by molar-refractivity contribution is -0.0276. The fraction of sp³-hybridized carbons (Fsp3) is 0.0833. The number of imidazole rings is 1. The molecule has 0 bridgehead atoms. The smallest absolute Gasteiger partial charge is 0.284 e. The van der Waals surface area contributed by atoms with E-state index in [4.69, 9.17) is 21.1 Å². The van der Waals surface area contributed by atoms with E-state index >= 15 is 0 Å². The van der Waals surface area contributed by atoms with Gasteiger partial charge in [-0.3, -0.25) is 0 Å². The van der Waals surface area contributed by atoms with Gasteiger partial charge < -0.3 is 14.0 Å². The Kier molecular flexibility index (Phi) is 2.49. The zero-order chi connectivity index (χ0) is 11.7. The molecule has 17 heavy (non-hydrogen) atoms. The third-order valence-corrected chi connectivity index (χ3v) is 2.68. The summed E-state index contributed by atoms with van der Waals surface area (Å²) in [5, 5.41) is 0.709. The second-order valence-electron chi connectivity index (χ2n) is 3.56. The first-order valence-electron chi connectivity index (χ1n) is 5.09. The molecule has 2 heterocycles. The number of hydrogen-bond donors (Lipinski definition) is 0. The number of halogens is 1. The van der Waals surface area contributed by atoms with Crippen LogP contribution in [-0.2, 0) is 9.47 Å². The molecule has 0 fully saturated rings. The van der Waals surface area contributed by atoms with Gasteiger partial charge >= 0.3 is 0 Å². The van der Waals surface area contributed by atoms with Crippen LogP contribution in [0.5, 0.6) is 0 Å². The Balaban J connectivity index is 1.86. The van der Waals surface area contributed by atoms with Crippen molar-refractivity contribution in [3.05, 3.63) is 60.0 Å². The lowest BCUT2D eigenvalue weighted by Crippen LogP contribution is -1.97. The van der Waals surface area contributed by atoms with Crippen molar-refractivity contribution in [1.29, 1.82) is 0 Å². The van der Waals surface area contributed by atoms with Crippen LogP contribution in [0.3, 0.4) is 0 Å². The minimum Gasteiger partial charge on any atom is -0.454 e. The van der Waals surface area contributed by atoms with E-state index in [0.29, 0.717) is 5.02 Å². The Labute approximate surface area is 103 Å². The summed E-state index contributed by atoms with van der Waals surface area (Å²) in [5.41, 5.74) is 1.71. The van der Waals surface area contributed by atoms with Gasteiger partial charge in [0.15, 0.2) is 0 Å². The van der Waals surface area contributed by atoms with Crippen molar-refractivity contribution in [3.8, 4) is 5.69 Å². The summed E-state index contributed by atoms with van der Waals surface area (Å²) in [6.45, 7) is 0. The molecule has 0 amide bonds. The summed E-state index contributed by atoms with van der Waals surface area (Å²) in [4.78, 5) is 4.24. The highest BCUT2D eigenvalue weighted by Gasteiger charge is 2.18. The molecular weight excluding hydrogens is 240 g/mol. The molecule has 1 aliphatic heterocycles. The number of aromatic nitrogens is 2. The summed E-state index contributed by atoms with van der Waals surface area (Å²) in [6.07, 6.45) is 6.14.